The SMILES string of the molecule is C#CCN(CC(=O)O)C(=O)c1cc(NC(=O)OCC2c3ccccc3-c3ccccc32)ccc1Br. The Labute approximate surface area is 210 Å². The molecule has 2 amide bonds. The lowest BCUT2D eigenvalue weighted by molar-refractivity contribution is -0.137. The molecule has 2 N–H and O–H groups in total. The van der Waals surface area contributed by atoms with Crippen molar-refractivity contribution in [2.45, 2.75) is 5.92 Å². The van der Waals surface area contributed by atoms with Gasteiger partial charge < -0.3 is 14.7 Å². The van der Waals surface area contributed by atoms with Crippen molar-refractivity contribution in [2.75, 3.05) is 25.0 Å². The largest absolute Gasteiger partial charge is 0.480 e. The fourth-order valence-electron chi connectivity index (χ4n) is 4.16. The van der Waals surface area contributed by atoms with Crippen molar-refractivity contribution < 1.29 is 24.2 Å². The van der Waals surface area contributed by atoms with E-state index in [1.165, 1.54) is 6.07 Å². The van der Waals surface area contributed by atoms with Crippen LogP contribution in [0.15, 0.2) is 71.2 Å². The Hall–Kier alpha value is -4.09. The molecule has 3 aromatic rings. The molecule has 0 saturated carbocycles. The Balaban J connectivity index is 1.46. The van der Waals surface area contributed by atoms with Crippen LogP contribution in [0.2, 0.25) is 0 Å². The number of carboxylic acids is 1. The quantitative estimate of drug-likeness (QED) is 0.419. The van der Waals surface area contributed by atoms with Gasteiger partial charge in [-0.25, -0.2) is 4.79 Å². The zero-order valence-corrected chi connectivity index (χ0v) is 20.1. The highest BCUT2D eigenvalue weighted by Gasteiger charge is 2.29. The number of hydrogen-bond acceptors (Lipinski definition) is 4. The molecule has 7 nitrogen and oxygen atoms in total. The van der Waals surface area contributed by atoms with E-state index in [4.69, 9.17) is 16.3 Å². The van der Waals surface area contributed by atoms with Gasteiger partial charge in [0.1, 0.15) is 13.2 Å². The summed E-state index contributed by atoms with van der Waals surface area (Å²) in [6.07, 6.45) is 4.61. The number of aliphatic carboxylic acids is 1. The highest BCUT2D eigenvalue weighted by molar-refractivity contribution is 9.10. The minimum atomic E-state index is -1.18. The maximum atomic E-state index is 12.9. The number of fused-ring (bicyclic) bond motifs is 3. The Bertz CT molecular complexity index is 1300. The molecule has 0 saturated heterocycles. The molecular weight excluding hydrogens is 512 g/mol. The van der Waals surface area contributed by atoms with Crippen molar-refractivity contribution in [2.24, 2.45) is 0 Å². The minimum absolute atomic E-state index is 0.0800. The van der Waals surface area contributed by atoms with Gasteiger partial charge in [-0.3, -0.25) is 14.9 Å². The van der Waals surface area contributed by atoms with Crippen molar-refractivity contribution in [3.8, 4) is 23.5 Å². The Morgan fingerprint density at radius 3 is 2.26 bits per heavy atom. The monoisotopic (exact) mass is 532 g/mol. The second-order valence-electron chi connectivity index (χ2n) is 7.90. The predicted molar refractivity (Wildman–Crippen MR) is 135 cm³/mol. The smallest absolute Gasteiger partial charge is 0.411 e. The third kappa shape index (κ3) is 5.20. The normalized spacial score (nSPS) is 11.7. The standard InChI is InChI=1S/C27H21BrN2O5/c1-2-13-30(15-25(31)32)26(33)22-14-17(11-12-24(22)28)29-27(34)35-16-23-20-9-5-3-7-18(20)19-8-4-6-10-21(19)23/h1,3-12,14,23H,13,15-16H2,(H,29,34)(H,31,32). The van der Waals surface area contributed by atoms with Crippen molar-refractivity contribution >= 4 is 39.6 Å². The third-order valence-corrected chi connectivity index (χ3v) is 6.37. The molecule has 0 atom stereocenters. The van der Waals surface area contributed by atoms with Crippen LogP contribution in [0.1, 0.15) is 27.4 Å². The van der Waals surface area contributed by atoms with E-state index in [0.717, 1.165) is 27.2 Å². The zero-order valence-electron chi connectivity index (χ0n) is 18.5. The molecule has 0 fully saturated rings. The van der Waals surface area contributed by atoms with Gasteiger partial charge in [-0.15, -0.1) is 6.42 Å². The second kappa shape index (κ2) is 10.5. The number of halogens is 1. The predicted octanol–water partition coefficient (Wildman–Crippen LogP) is 4.97. The molecule has 8 heteroatoms. The van der Waals surface area contributed by atoms with Crippen LogP contribution < -0.4 is 5.32 Å². The molecule has 3 aromatic carbocycles. The minimum Gasteiger partial charge on any atom is -0.480 e. The molecule has 176 valence electrons. The van der Waals surface area contributed by atoms with Crippen LogP contribution in [-0.4, -0.2) is 47.7 Å². The van der Waals surface area contributed by atoms with Gasteiger partial charge in [-0.05, 0) is 56.4 Å². The highest BCUT2D eigenvalue weighted by Crippen LogP contribution is 2.44. The van der Waals surface area contributed by atoms with E-state index < -0.39 is 24.5 Å². The number of carbonyl (C=O) groups is 3. The van der Waals surface area contributed by atoms with E-state index in [9.17, 15) is 14.4 Å². The molecule has 0 unspecified atom stereocenters. The number of carbonyl (C=O) groups excluding carboxylic acids is 2. The maximum Gasteiger partial charge on any atom is 0.411 e. The first-order chi connectivity index (χ1) is 16.9. The van der Waals surface area contributed by atoms with Crippen LogP contribution in [0.5, 0.6) is 0 Å². The molecule has 4 rings (SSSR count). The molecule has 1 aliphatic carbocycles. The Morgan fingerprint density at radius 1 is 1.03 bits per heavy atom. The first-order valence-corrected chi connectivity index (χ1v) is 11.5. The van der Waals surface area contributed by atoms with Crippen LogP contribution in [0, 0.1) is 12.3 Å². The topological polar surface area (TPSA) is 95.9 Å². The zero-order chi connectivity index (χ0) is 24.9. The fourth-order valence-corrected chi connectivity index (χ4v) is 4.58. The molecule has 0 radical (unpaired) electrons. The molecule has 0 heterocycles. The van der Waals surface area contributed by atoms with Crippen LogP contribution in [0.3, 0.4) is 0 Å². The van der Waals surface area contributed by atoms with Gasteiger partial charge >= 0.3 is 12.1 Å². The number of nitrogens with one attached hydrogen (secondary N) is 1. The van der Waals surface area contributed by atoms with Crippen molar-refractivity contribution in [3.63, 3.8) is 0 Å². The number of nitrogens with zero attached hydrogens (tertiary/aromatic N) is 1. The molecule has 0 bridgehead atoms. The van der Waals surface area contributed by atoms with E-state index in [1.807, 2.05) is 36.4 Å². The molecule has 1 aliphatic rings. The van der Waals surface area contributed by atoms with Crippen molar-refractivity contribution in [1.29, 1.82) is 0 Å². The summed E-state index contributed by atoms with van der Waals surface area (Å²) in [5.74, 6) is 0.446. The van der Waals surface area contributed by atoms with Gasteiger partial charge in [0.15, 0.2) is 0 Å². The maximum absolute atomic E-state index is 12.9. The average molecular weight is 533 g/mol. The first-order valence-electron chi connectivity index (χ1n) is 10.7. The van der Waals surface area contributed by atoms with E-state index >= 15 is 0 Å². The summed E-state index contributed by atoms with van der Waals surface area (Å²) in [5, 5.41) is 11.7. The number of ether oxygens (including phenoxy) is 1. The molecule has 0 aromatic heterocycles. The number of rotatable bonds is 7. The molecule has 0 aliphatic heterocycles. The van der Waals surface area contributed by atoms with Gasteiger partial charge in [0.25, 0.3) is 5.91 Å². The summed E-state index contributed by atoms with van der Waals surface area (Å²) in [6.45, 7) is -0.558. The van der Waals surface area contributed by atoms with E-state index in [0.29, 0.717) is 10.2 Å². The van der Waals surface area contributed by atoms with Crippen molar-refractivity contribution in [3.05, 3.63) is 87.9 Å². The summed E-state index contributed by atoms with van der Waals surface area (Å²) in [7, 11) is 0. The Morgan fingerprint density at radius 2 is 1.66 bits per heavy atom. The Kier molecular flexibility index (Phi) is 7.18. The van der Waals surface area contributed by atoms with Gasteiger partial charge in [-0.1, -0.05) is 54.5 Å². The summed E-state index contributed by atoms with van der Waals surface area (Å²) >= 11 is 3.30. The van der Waals surface area contributed by atoms with Gasteiger partial charge in [-0.2, -0.15) is 0 Å². The summed E-state index contributed by atoms with van der Waals surface area (Å²) < 4.78 is 5.99. The summed E-state index contributed by atoms with van der Waals surface area (Å²) in [6, 6.07) is 20.7. The number of benzene rings is 3. The molecule has 0 spiro atoms. The van der Waals surface area contributed by atoms with Gasteiger partial charge in [0.05, 0.1) is 12.1 Å². The second-order valence-corrected chi connectivity index (χ2v) is 8.76. The van der Waals surface area contributed by atoms with Crippen LogP contribution >= 0.6 is 15.9 Å². The number of amides is 2. The number of carboxylic acid groups (broad SMARTS) is 1. The van der Waals surface area contributed by atoms with E-state index in [-0.39, 0.29) is 24.6 Å². The van der Waals surface area contributed by atoms with Crippen LogP contribution in [-0.2, 0) is 9.53 Å². The van der Waals surface area contributed by atoms with Crippen molar-refractivity contribution in [1.82, 2.24) is 4.90 Å². The molecule has 35 heavy (non-hydrogen) atoms. The van der Waals surface area contributed by atoms with Gasteiger partial charge in [0, 0.05) is 16.1 Å². The van der Waals surface area contributed by atoms with Crippen LogP contribution in [0.25, 0.3) is 11.1 Å². The summed E-state index contributed by atoms with van der Waals surface area (Å²) in [4.78, 5) is 37.6. The lowest BCUT2D eigenvalue weighted by Gasteiger charge is -2.19. The first kappa shape index (κ1) is 24.0. The average Bonchev–Trinajstić information content (AvgIpc) is 3.17. The van der Waals surface area contributed by atoms with Gasteiger partial charge in [0.2, 0.25) is 0 Å². The summed E-state index contributed by atoms with van der Waals surface area (Å²) in [5.41, 5.74) is 4.95. The lowest BCUT2D eigenvalue weighted by atomic mass is 9.98. The highest BCUT2D eigenvalue weighted by atomic mass is 79.9. The third-order valence-electron chi connectivity index (χ3n) is 5.68. The number of hydrogen-bond donors (Lipinski definition) is 2. The van der Waals surface area contributed by atoms with E-state index in [1.54, 1.807) is 12.1 Å². The van der Waals surface area contributed by atoms with Crippen LogP contribution in [0.4, 0.5) is 10.5 Å². The molecular formula is C27H21BrN2O5. The number of anilines is 1. The lowest BCUT2D eigenvalue weighted by Crippen LogP contribution is -2.36. The van der Waals surface area contributed by atoms with E-state index in [2.05, 4.69) is 39.3 Å². The fraction of sp³-hybridized carbons (Fsp3) is 0.148. The number of terminal acetylenes is 1.